The van der Waals surface area contributed by atoms with Gasteiger partial charge in [0.05, 0.1) is 18.2 Å². The van der Waals surface area contributed by atoms with Crippen LogP contribution < -0.4 is 14.2 Å². The quantitative estimate of drug-likeness (QED) is 0.234. The van der Waals surface area contributed by atoms with Crippen LogP contribution in [0.4, 0.5) is 0 Å². The normalized spacial score (nSPS) is 10.8. The Bertz CT molecular complexity index is 933. The van der Waals surface area contributed by atoms with E-state index in [2.05, 4.69) is 15.9 Å². The number of ether oxygens (including phenoxy) is 4. The molecule has 0 saturated heterocycles. The van der Waals surface area contributed by atoms with Gasteiger partial charge in [-0.3, -0.25) is 0 Å². The maximum Gasteiger partial charge on any atom is 0.348 e. The summed E-state index contributed by atoms with van der Waals surface area (Å²) >= 11 is 3.45. The van der Waals surface area contributed by atoms with E-state index >= 15 is 0 Å². The van der Waals surface area contributed by atoms with Crippen LogP contribution in [-0.4, -0.2) is 32.9 Å². The first-order chi connectivity index (χ1) is 14.0. The molecule has 0 aliphatic rings. The van der Waals surface area contributed by atoms with Crippen LogP contribution in [0.25, 0.3) is 6.08 Å². The number of hydrogen-bond donors (Lipinski definition) is 0. The van der Waals surface area contributed by atoms with Crippen LogP contribution in [0, 0.1) is 18.3 Å². The van der Waals surface area contributed by atoms with E-state index in [0.717, 1.165) is 11.3 Å². The molecule has 6 nitrogen and oxygen atoms in total. The molecule has 0 heterocycles. The molecule has 2 rings (SSSR count). The van der Waals surface area contributed by atoms with Crippen LogP contribution >= 0.6 is 15.9 Å². The SMILES string of the molecule is CCOC(=O)/C(C#N)=C\c1cc(Br)c(OCCOc2ccccc2C)c(OC)c1. The van der Waals surface area contributed by atoms with Gasteiger partial charge in [0.25, 0.3) is 0 Å². The van der Waals surface area contributed by atoms with Gasteiger partial charge < -0.3 is 18.9 Å². The van der Waals surface area contributed by atoms with E-state index in [1.807, 2.05) is 37.3 Å². The highest BCUT2D eigenvalue weighted by Crippen LogP contribution is 2.37. The van der Waals surface area contributed by atoms with Gasteiger partial charge in [-0.2, -0.15) is 5.26 Å². The molecule has 0 unspecified atom stereocenters. The molecular formula is C22H22BrNO5. The first-order valence-electron chi connectivity index (χ1n) is 8.97. The standard InChI is InChI=1S/C22H22BrNO5/c1-4-27-22(25)17(14-24)11-16-12-18(23)21(20(13-16)26-3)29-10-9-28-19-8-6-5-7-15(19)2/h5-8,11-13H,4,9-10H2,1-3H3/b17-11-. The zero-order valence-electron chi connectivity index (χ0n) is 16.5. The summed E-state index contributed by atoms with van der Waals surface area (Å²) in [5, 5.41) is 9.19. The fourth-order valence-corrected chi connectivity index (χ4v) is 3.06. The average Bonchev–Trinajstić information content (AvgIpc) is 2.71. The lowest BCUT2D eigenvalue weighted by Crippen LogP contribution is -2.10. The molecule has 0 atom stereocenters. The van der Waals surface area contributed by atoms with Crippen molar-refractivity contribution in [1.82, 2.24) is 0 Å². The van der Waals surface area contributed by atoms with Crippen LogP contribution in [0.3, 0.4) is 0 Å². The van der Waals surface area contributed by atoms with E-state index in [1.165, 1.54) is 13.2 Å². The van der Waals surface area contributed by atoms with Gasteiger partial charge in [-0.15, -0.1) is 0 Å². The Labute approximate surface area is 178 Å². The smallest absolute Gasteiger partial charge is 0.348 e. The van der Waals surface area contributed by atoms with Gasteiger partial charge in [0.1, 0.15) is 30.6 Å². The highest BCUT2D eigenvalue weighted by Gasteiger charge is 2.14. The lowest BCUT2D eigenvalue weighted by Gasteiger charge is -2.14. The molecule has 152 valence electrons. The van der Waals surface area contributed by atoms with Crippen molar-refractivity contribution in [2.75, 3.05) is 26.9 Å². The van der Waals surface area contributed by atoms with Crippen LogP contribution in [0.2, 0.25) is 0 Å². The van der Waals surface area contributed by atoms with Gasteiger partial charge in [-0.1, -0.05) is 18.2 Å². The number of esters is 1. The second-order valence-electron chi connectivity index (χ2n) is 5.89. The van der Waals surface area contributed by atoms with Crippen molar-refractivity contribution < 1.29 is 23.7 Å². The minimum atomic E-state index is -0.668. The third-order valence-corrected chi connectivity index (χ3v) is 4.45. The summed E-state index contributed by atoms with van der Waals surface area (Å²) < 4.78 is 22.5. The summed E-state index contributed by atoms with van der Waals surface area (Å²) in [4.78, 5) is 11.8. The number of aryl methyl sites for hydroxylation is 1. The number of carbonyl (C=O) groups excluding carboxylic acids is 1. The van der Waals surface area contributed by atoms with E-state index in [9.17, 15) is 10.1 Å². The third kappa shape index (κ3) is 6.26. The average molecular weight is 460 g/mol. The topological polar surface area (TPSA) is 77.8 Å². The fraction of sp³-hybridized carbons (Fsp3) is 0.273. The summed E-state index contributed by atoms with van der Waals surface area (Å²) in [5.41, 5.74) is 1.56. The van der Waals surface area contributed by atoms with Crippen molar-refractivity contribution >= 4 is 28.0 Å². The number of para-hydroxylation sites is 1. The van der Waals surface area contributed by atoms with Crippen LogP contribution in [-0.2, 0) is 9.53 Å². The van der Waals surface area contributed by atoms with Crippen LogP contribution in [0.15, 0.2) is 46.4 Å². The lowest BCUT2D eigenvalue weighted by molar-refractivity contribution is -0.137. The zero-order valence-corrected chi connectivity index (χ0v) is 18.1. The first kappa shape index (κ1) is 22.3. The summed E-state index contributed by atoms with van der Waals surface area (Å²) in [5.74, 6) is 1.11. The van der Waals surface area contributed by atoms with E-state index in [1.54, 1.807) is 19.1 Å². The van der Waals surface area contributed by atoms with Gasteiger partial charge in [0.2, 0.25) is 0 Å². The molecule has 0 fully saturated rings. The molecule has 0 spiro atoms. The second kappa shape index (κ2) is 11.1. The van der Waals surface area contributed by atoms with Crippen molar-refractivity contribution in [3.8, 4) is 23.3 Å². The predicted molar refractivity (Wildman–Crippen MR) is 113 cm³/mol. The molecule has 29 heavy (non-hydrogen) atoms. The number of rotatable bonds is 9. The highest BCUT2D eigenvalue weighted by molar-refractivity contribution is 9.10. The van der Waals surface area contributed by atoms with E-state index in [4.69, 9.17) is 18.9 Å². The first-order valence-corrected chi connectivity index (χ1v) is 9.77. The molecule has 7 heteroatoms. The predicted octanol–water partition coefficient (Wildman–Crippen LogP) is 4.69. The molecule has 0 aromatic heterocycles. The van der Waals surface area contributed by atoms with Crippen molar-refractivity contribution in [3.63, 3.8) is 0 Å². The Morgan fingerprint density at radius 3 is 2.55 bits per heavy atom. The maximum absolute atomic E-state index is 11.8. The number of halogens is 1. The second-order valence-corrected chi connectivity index (χ2v) is 6.74. The van der Waals surface area contributed by atoms with Crippen LogP contribution in [0.1, 0.15) is 18.1 Å². The van der Waals surface area contributed by atoms with Gasteiger partial charge in [0.15, 0.2) is 11.5 Å². The molecule has 0 N–H and O–H groups in total. The largest absolute Gasteiger partial charge is 0.493 e. The van der Waals surface area contributed by atoms with Crippen molar-refractivity contribution in [2.45, 2.75) is 13.8 Å². The molecule has 0 amide bonds. The number of nitriles is 1. The van der Waals surface area contributed by atoms with Gasteiger partial charge >= 0.3 is 5.97 Å². The maximum atomic E-state index is 11.8. The van der Waals surface area contributed by atoms with E-state index < -0.39 is 5.97 Å². The third-order valence-electron chi connectivity index (χ3n) is 3.86. The minimum Gasteiger partial charge on any atom is -0.493 e. The van der Waals surface area contributed by atoms with Crippen LogP contribution in [0.5, 0.6) is 17.2 Å². The van der Waals surface area contributed by atoms with Crippen molar-refractivity contribution in [3.05, 3.63) is 57.6 Å². The Kier molecular flexibility index (Phi) is 8.56. The fourth-order valence-electron chi connectivity index (χ4n) is 2.49. The number of nitrogens with zero attached hydrogens (tertiary/aromatic N) is 1. The zero-order chi connectivity index (χ0) is 21.2. The van der Waals surface area contributed by atoms with Crippen molar-refractivity contribution in [2.24, 2.45) is 0 Å². The van der Waals surface area contributed by atoms with E-state index in [-0.39, 0.29) is 12.2 Å². The summed E-state index contributed by atoms with van der Waals surface area (Å²) in [7, 11) is 1.52. The molecule has 0 aliphatic heterocycles. The van der Waals surface area contributed by atoms with Gasteiger partial charge in [-0.25, -0.2) is 4.79 Å². The summed E-state index contributed by atoms with van der Waals surface area (Å²) in [6, 6.07) is 13.0. The number of methoxy groups -OCH3 is 1. The number of benzene rings is 2. The lowest BCUT2D eigenvalue weighted by atomic mass is 10.1. The van der Waals surface area contributed by atoms with E-state index in [0.29, 0.717) is 34.7 Å². The molecule has 0 bridgehead atoms. The minimum absolute atomic E-state index is 0.0962. The Morgan fingerprint density at radius 2 is 1.90 bits per heavy atom. The summed E-state index contributed by atoms with van der Waals surface area (Å²) in [6.07, 6.45) is 1.44. The van der Waals surface area contributed by atoms with Crippen molar-refractivity contribution in [1.29, 1.82) is 5.26 Å². The Hall–Kier alpha value is -2.98. The molecule has 0 radical (unpaired) electrons. The molecule has 2 aromatic carbocycles. The molecular weight excluding hydrogens is 438 g/mol. The molecule has 2 aromatic rings. The monoisotopic (exact) mass is 459 g/mol. The number of carbonyl (C=O) groups is 1. The molecule has 0 saturated carbocycles. The highest BCUT2D eigenvalue weighted by atomic mass is 79.9. The Morgan fingerprint density at radius 1 is 1.17 bits per heavy atom. The van der Waals surface area contributed by atoms with Gasteiger partial charge in [0, 0.05) is 0 Å². The number of hydrogen-bond acceptors (Lipinski definition) is 6. The summed E-state index contributed by atoms with van der Waals surface area (Å²) in [6.45, 7) is 4.53. The van der Waals surface area contributed by atoms with Gasteiger partial charge in [-0.05, 0) is 65.2 Å². The molecule has 0 aliphatic carbocycles. The Balaban J connectivity index is 2.11.